The van der Waals surface area contributed by atoms with Crippen molar-refractivity contribution in [3.8, 4) is 0 Å². The third-order valence-electron chi connectivity index (χ3n) is 2.35. The van der Waals surface area contributed by atoms with Crippen molar-refractivity contribution in [2.24, 2.45) is 0 Å². The van der Waals surface area contributed by atoms with E-state index in [1.807, 2.05) is 6.92 Å². The maximum atomic E-state index is 8.89. The molecule has 1 aromatic rings. The summed E-state index contributed by atoms with van der Waals surface area (Å²) < 4.78 is 0. The Kier molecular flexibility index (Phi) is 5.22. The quantitative estimate of drug-likeness (QED) is 0.779. The second-order valence-electron chi connectivity index (χ2n) is 3.65. The van der Waals surface area contributed by atoms with Crippen LogP contribution in [0.1, 0.15) is 36.3 Å². The number of nitrogens with one attached hydrogen (secondary N) is 1. The molecule has 0 spiro atoms. The van der Waals surface area contributed by atoms with E-state index in [9.17, 15) is 0 Å². The van der Waals surface area contributed by atoms with Crippen molar-refractivity contribution in [1.29, 1.82) is 0 Å². The highest BCUT2D eigenvalue weighted by Gasteiger charge is 2.08. The van der Waals surface area contributed by atoms with Crippen LogP contribution in [-0.2, 0) is 19.4 Å². The molecule has 4 heteroatoms. The van der Waals surface area contributed by atoms with E-state index in [4.69, 9.17) is 5.11 Å². The Balaban J connectivity index is 2.58. The largest absolute Gasteiger partial charge is 0.395 e. The zero-order valence-corrected chi connectivity index (χ0v) is 10.5. The first-order valence-electron chi connectivity index (χ1n) is 5.52. The average Bonchev–Trinajstić information content (AvgIpc) is 2.68. The Hall–Kier alpha value is -0.450. The lowest BCUT2D eigenvalue weighted by molar-refractivity contribution is 0.251. The van der Waals surface area contributed by atoms with Crippen molar-refractivity contribution in [1.82, 2.24) is 10.3 Å². The molecule has 3 nitrogen and oxygen atoms in total. The zero-order chi connectivity index (χ0) is 11.3. The first kappa shape index (κ1) is 12.6. The molecule has 2 N–H and O–H groups in total. The fraction of sp³-hybridized carbons (Fsp3) is 0.727. The lowest BCUT2D eigenvalue weighted by Gasteiger charge is -2.07. The summed E-state index contributed by atoms with van der Waals surface area (Å²) in [6, 6.07) is 0.143. The van der Waals surface area contributed by atoms with Gasteiger partial charge in [-0.05, 0) is 19.8 Å². The summed E-state index contributed by atoms with van der Waals surface area (Å²) in [4.78, 5) is 5.97. The van der Waals surface area contributed by atoms with Crippen LogP contribution in [0.5, 0.6) is 0 Å². The normalized spacial score (nSPS) is 13.1. The van der Waals surface area contributed by atoms with Gasteiger partial charge in [-0.2, -0.15) is 0 Å². The van der Waals surface area contributed by atoms with Crippen LogP contribution in [0.25, 0.3) is 0 Å². The van der Waals surface area contributed by atoms with E-state index < -0.39 is 0 Å². The molecule has 1 atom stereocenters. The molecular formula is C11H20N2OS. The van der Waals surface area contributed by atoms with Gasteiger partial charge in [-0.15, -0.1) is 11.3 Å². The highest BCUT2D eigenvalue weighted by atomic mass is 32.1. The Morgan fingerprint density at radius 3 is 2.60 bits per heavy atom. The van der Waals surface area contributed by atoms with Gasteiger partial charge in [0.05, 0.1) is 12.3 Å². The number of hydrogen-bond acceptors (Lipinski definition) is 4. The van der Waals surface area contributed by atoms with Gasteiger partial charge in [0.25, 0.3) is 0 Å². The summed E-state index contributed by atoms with van der Waals surface area (Å²) in [6.45, 7) is 7.21. The van der Waals surface area contributed by atoms with Crippen LogP contribution in [0, 0.1) is 0 Å². The van der Waals surface area contributed by atoms with Gasteiger partial charge in [0.2, 0.25) is 0 Å². The van der Waals surface area contributed by atoms with Crippen LogP contribution in [0.4, 0.5) is 0 Å². The van der Waals surface area contributed by atoms with Crippen LogP contribution in [0.15, 0.2) is 0 Å². The molecule has 0 radical (unpaired) electrons. The number of nitrogens with zero attached hydrogens (tertiary/aromatic N) is 1. The molecule has 1 heterocycles. The summed E-state index contributed by atoms with van der Waals surface area (Å²) in [5, 5.41) is 13.2. The number of thiazole rings is 1. The lowest BCUT2D eigenvalue weighted by Crippen LogP contribution is -2.28. The molecule has 0 amide bonds. The average molecular weight is 228 g/mol. The van der Waals surface area contributed by atoms with Gasteiger partial charge >= 0.3 is 0 Å². The first-order valence-corrected chi connectivity index (χ1v) is 6.34. The Morgan fingerprint density at radius 1 is 1.40 bits per heavy atom. The molecule has 0 aliphatic heterocycles. The number of rotatable bonds is 6. The summed E-state index contributed by atoms with van der Waals surface area (Å²) >= 11 is 1.78. The van der Waals surface area contributed by atoms with E-state index in [0.29, 0.717) is 0 Å². The second-order valence-corrected chi connectivity index (χ2v) is 4.82. The van der Waals surface area contributed by atoms with Gasteiger partial charge in [0.15, 0.2) is 0 Å². The lowest BCUT2D eigenvalue weighted by atomic mass is 10.2. The minimum absolute atomic E-state index is 0.143. The maximum Gasteiger partial charge on any atom is 0.107 e. The van der Waals surface area contributed by atoms with Gasteiger partial charge < -0.3 is 10.4 Å². The van der Waals surface area contributed by atoms with Crippen LogP contribution >= 0.6 is 11.3 Å². The smallest absolute Gasteiger partial charge is 0.107 e. The van der Waals surface area contributed by atoms with E-state index in [0.717, 1.165) is 24.4 Å². The molecule has 0 aromatic carbocycles. The Morgan fingerprint density at radius 2 is 2.13 bits per heavy atom. The third kappa shape index (κ3) is 3.55. The van der Waals surface area contributed by atoms with E-state index in [2.05, 4.69) is 24.1 Å². The number of aliphatic hydroxyl groups excluding tert-OH is 1. The molecule has 0 aliphatic carbocycles. The molecule has 1 unspecified atom stereocenters. The molecule has 0 saturated carbocycles. The highest BCUT2D eigenvalue weighted by Crippen LogP contribution is 2.19. The predicted molar refractivity (Wildman–Crippen MR) is 64.3 cm³/mol. The van der Waals surface area contributed by atoms with E-state index in [1.165, 1.54) is 10.6 Å². The summed E-state index contributed by atoms with van der Waals surface area (Å²) in [7, 11) is 0. The predicted octanol–water partition coefficient (Wildman–Crippen LogP) is 1.74. The van der Waals surface area contributed by atoms with Crippen LogP contribution in [0.3, 0.4) is 0 Å². The molecule has 0 fully saturated rings. The molecule has 0 saturated heterocycles. The number of aliphatic hydroxyl groups is 1. The topological polar surface area (TPSA) is 45.2 Å². The van der Waals surface area contributed by atoms with E-state index >= 15 is 0 Å². The fourth-order valence-corrected chi connectivity index (χ4v) is 2.44. The van der Waals surface area contributed by atoms with E-state index in [-0.39, 0.29) is 12.6 Å². The molecule has 0 bridgehead atoms. The molecular weight excluding hydrogens is 208 g/mol. The minimum Gasteiger partial charge on any atom is -0.395 e. The SMILES string of the molecule is CCc1nc(CNC(C)CO)sc1CC. The third-order valence-corrected chi connectivity index (χ3v) is 3.60. The Labute approximate surface area is 95.6 Å². The van der Waals surface area contributed by atoms with Crippen molar-refractivity contribution in [3.05, 3.63) is 15.6 Å². The van der Waals surface area contributed by atoms with Crippen molar-refractivity contribution >= 4 is 11.3 Å². The molecule has 1 aromatic heterocycles. The summed E-state index contributed by atoms with van der Waals surface area (Å²) in [6.07, 6.45) is 2.08. The van der Waals surface area contributed by atoms with Gasteiger partial charge in [0.1, 0.15) is 5.01 Å². The maximum absolute atomic E-state index is 8.89. The summed E-state index contributed by atoms with van der Waals surface area (Å²) in [5.74, 6) is 0. The van der Waals surface area contributed by atoms with Crippen LogP contribution in [0.2, 0.25) is 0 Å². The number of hydrogen-bond donors (Lipinski definition) is 2. The monoisotopic (exact) mass is 228 g/mol. The van der Waals surface area contributed by atoms with Crippen molar-refractivity contribution in [3.63, 3.8) is 0 Å². The van der Waals surface area contributed by atoms with Crippen molar-refractivity contribution in [2.45, 2.75) is 46.2 Å². The first-order chi connectivity index (χ1) is 7.21. The standard InChI is InChI=1S/C11H20N2OS/c1-4-9-10(5-2)15-11(13-9)6-12-8(3)7-14/h8,12,14H,4-7H2,1-3H3. The second kappa shape index (κ2) is 6.20. The van der Waals surface area contributed by atoms with E-state index in [1.54, 1.807) is 11.3 Å². The minimum atomic E-state index is 0.143. The number of aryl methyl sites for hydroxylation is 2. The molecule has 1 rings (SSSR count). The molecule has 15 heavy (non-hydrogen) atoms. The van der Waals surface area contributed by atoms with Crippen molar-refractivity contribution in [2.75, 3.05) is 6.61 Å². The zero-order valence-electron chi connectivity index (χ0n) is 9.71. The summed E-state index contributed by atoms with van der Waals surface area (Å²) in [5.41, 5.74) is 1.23. The number of aromatic nitrogens is 1. The van der Waals surface area contributed by atoms with Gasteiger partial charge in [-0.3, -0.25) is 0 Å². The molecule has 86 valence electrons. The van der Waals surface area contributed by atoms with Gasteiger partial charge in [-0.25, -0.2) is 4.98 Å². The Bertz CT molecular complexity index is 277. The van der Waals surface area contributed by atoms with Gasteiger partial charge in [-0.1, -0.05) is 13.8 Å². The fourth-order valence-electron chi connectivity index (χ4n) is 1.39. The van der Waals surface area contributed by atoms with Crippen LogP contribution in [-0.4, -0.2) is 22.7 Å². The van der Waals surface area contributed by atoms with Crippen LogP contribution < -0.4 is 5.32 Å². The van der Waals surface area contributed by atoms with Gasteiger partial charge in [0, 0.05) is 17.5 Å². The highest BCUT2D eigenvalue weighted by molar-refractivity contribution is 7.11. The molecule has 0 aliphatic rings. The van der Waals surface area contributed by atoms with Crippen molar-refractivity contribution < 1.29 is 5.11 Å².